The predicted octanol–water partition coefficient (Wildman–Crippen LogP) is 2.40. The molecule has 0 saturated carbocycles. The van der Waals surface area contributed by atoms with Gasteiger partial charge in [0.05, 0.1) is 24.3 Å². The highest BCUT2D eigenvalue weighted by atomic mass is 16.5. The van der Waals surface area contributed by atoms with Crippen molar-refractivity contribution in [2.75, 3.05) is 31.2 Å². The van der Waals surface area contributed by atoms with Gasteiger partial charge in [0.1, 0.15) is 0 Å². The average Bonchev–Trinajstić information content (AvgIpc) is 3.24. The van der Waals surface area contributed by atoms with Crippen LogP contribution in [0.25, 0.3) is 16.7 Å². The Morgan fingerprint density at radius 3 is 2.66 bits per heavy atom. The highest BCUT2D eigenvalue weighted by Gasteiger charge is 2.19. The van der Waals surface area contributed by atoms with E-state index in [9.17, 15) is 4.79 Å². The number of anilines is 1. The van der Waals surface area contributed by atoms with E-state index in [-0.39, 0.29) is 11.4 Å². The maximum absolute atomic E-state index is 12.7. The zero-order valence-corrected chi connectivity index (χ0v) is 15.4. The predicted molar refractivity (Wildman–Crippen MR) is 105 cm³/mol. The fourth-order valence-corrected chi connectivity index (χ4v) is 3.23. The van der Waals surface area contributed by atoms with Crippen LogP contribution in [0.2, 0.25) is 0 Å². The molecule has 29 heavy (non-hydrogen) atoms. The van der Waals surface area contributed by atoms with Gasteiger partial charge < -0.3 is 18.8 Å². The summed E-state index contributed by atoms with van der Waals surface area (Å²) in [5.74, 6) is 0.853. The number of benzene rings is 2. The van der Waals surface area contributed by atoms with E-state index >= 15 is 0 Å². The van der Waals surface area contributed by atoms with Crippen LogP contribution in [0.4, 0.5) is 5.88 Å². The summed E-state index contributed by atoms with van der Waals surface area (Å²) in [6.45, 7) is 2.49. The molecule has 2 aromatic carbocycles. The smallest absolute Gasteiger partial charge is 0.346 e. The molecule has 0 amide bonds. The zero-order chi connectivity index (χ0) is 19.6. The summed E-state index contributed by atoms with van der Waals surface area (Å²) in [5.41, 5.74) is 0.966. The Kier molecular flexibility index (Phi) is 4.41. The first-order chi connectivity index (χ1) is 14.3. The first-order valence-electron chi connectivity index (χ1n) is 9.21. The van der Waals surface area contributed by atoms with E-state index in [4.69, 9.17) is 13.9 Å². The number of aromatic nitrogens is 4. The molecule has 0 spiro atoms. The summed E-state index contributed by atoms with van der Waals surface area (Å²) in [7, 11) is 0. The molecule has 0 bridgehead atoms. The Hall–Kier alpha value is -3.72. The molecular weight excluding hydrogens is 374 g/mol. The number of ether oxygens (including phenoxy) is 2. The first-order valence-corrected chi connectivity index (χ1v) is 9.21. The Balaban J connectivity index is 1.57. The van der Waals surface area contributed by atoms with E-state index in [2.05, 4.69) is 15.5 Å². The van der Waals surface area contributed by atoms with Gasteiger partial charge in [0.15, 0.2) is 22.6 Å². The van der Waals surface area contributed by atoms with Gasteiger partial charge in [-0.2, -0.15) is 4.68 Å². The molecule has 0 aliphatic carbocycles. The monoisotopic (exact) mass is 391 g/mol. The normalized spacial score (nSPS) is 14.3. The van der Waals surface area contributed by atoms with E-state index in [0.29, 0.717) is 48.9 Å². The van der Waals surface area contributed by atoms with Crippen LogP contribution in [0.5, 0.6) is 11.8 Å². The van der Waals surface area contributed by atoms with Gasteiger partial charge in [-0.1, -0.05) is 29.4 Å². The van der Waals surface area contributed by atoms with Crippen molar-refractivity contribution in [2.24, 2.45) is 0 Å². The van der Waals surface area contributed by atoms with Crippen LogP contribution in [0.1, 0.15) is 0 Å². The fourth-order valence-electron chi connectivity index (χ4n) is 3.23. The van der Waals surface area contributed by atoms with Crippen molar-refractivity contribution in [3.8, 4) is 17.4 Å². The van der Waals surface area contributed by atoms with E-state index in [1.807, 2.05) is 35.2 Å². The molecule has 0 N–H and O–H groups in total. The van der Waals surface area contributed by atoms with Crippen molar-refractivity contribution in [1.29, 1.82) is 0 Å². The van der Waals surface area contributed by atoms with E-state index in [1.165, 1.54) is 10.7 Å². The van der Waals surface area contributed by atoms with Crippen molar-refractivity contribution >= 4 is 16.9 Å². The molecule has 9 heteroatoms. The number of hydrogen-bond donors (Lipinski definition) is 0. The van der Waals surface area contributed by atoms with Crippen molar-refractivity contribution in [2.45, 2.75) is 0 Å². The van der Waals surface area contributed by atoms with Crippen LogP contribution < -0.4 is 15.1 Å². The molecule has 3 heterocycles. The Morgan fingerprint density at radius 1 is 1.00 bits per heavy atom. The lowest BCUT2D eigenvalue weighted by atomic mass is 10.2. The molecule has 2 aromatic heterocycles. The van der Waals surface area contributed by atoms with Gasteiger partial charge in [-0.15, -0.1) is 0 Å². The molecule has 0 unspecified atom stereocenters. The van der Waals surface area contributed by atoms with Gasteiger partial charge in [-0.05, 0) is 34.7 Å². The van der Waals surface area contributed by atoms with Crippen molar-refractivity contribution in [1.82, 2.24) is 20.2 Å². The van der Waals surface area contributed by atoms with Crippen LogP contribution in [-0.2, 0) is 4.74 Å². The van der Waals surface area contributed by atoms with Gasteiger partial charge in [0.2, 0.25) is 0 Å². The third kappa shape index (κ3) is 3.32. The third-order valence-electron chi connectivity index (χ3n) is 4.67. The molecule has 9 nitrogen and oxygen atoms in total. The molecule has 5 rings (SSSR count). The molecule has 1 aliphatic rings. The second kappa shape index (κ2) is 7.36. The SMILES string of the molecule is O=c1cc(N2CCOCC2)oc2c(Oc3nnnn3-c3ccccc3)cccc12. The van der Waals surface area contributed by atoms with Crippen LogP contribution in [0.15, 0.2) is 63.8 Å². The first kappa shape index (κ1) is 17.4. The molecule has 1 aliphatic heterocycles. The lowest BCUT2D eigenvalue weighted by Gasteiger charge is -2.27. The largest absolute Gasteiger partial charge is 0.436 e. The summed E-state index contributed by atoms with van der Waals surface area (Å²) in [6.07, 6.45) is 0. The number of nitrogens with zero attached hydrogens (tertiary/aromatic N) is 5. The van der Waals surface area contributed by atoms with Crippen molar-refractivity contribution < 1.29 is 13.9 Å². The quantitative estimate of drug-likeness (QED) is 0.523. The average molecular weight is 391 g/mol. The zero-order valence-electron chi connectivity index (χ0n) is 15.4. The van der Waals surface area contributed by atoms with E-state index < -0.39 is 0 Å². The highest BCUT2D eigenvalue weighted by molar-refractivity contribution is 5.83. The van der Waals surface area contributed by atoms with E-state index in [1.54, 1.807) is 18.2 Å². The summed E-state index contributed by atoms with van der Waals surface area (Å²) < 4.78 is 18.9. The van der Waals surface area contributed by atoms with Gasteiger partial charge >= 0.3 is 6.01 Å². The van der Waals surface area contributed by atoms with Crippen molar-refractivity contribution in [3.05, 3.63) is 64.8 Å². The summed E-state index contributed by atoms with van der Waals surface area (Å²) in [5, 5.41) is 12.1. The summed E-state index contributed by atoms with van der Waals surface area (Å²) in [4.78, 5) is 14.6. The maximum Gasteiger partial charge on any atom is 0.346 e. The number of morpholine rings is 1. The number of para-hydroxylation sites is 2. The number of rotatable bonds is 4. The molecule has 4 aromatic rings. The topological polar surface area (TPSA) is 95.5 Å². The molecule has 0 atom stereocenters. The van der Waals surface area contributed by atoms with Crippen LogP contribution in [-0.4, -0.2) is 46.5 Å². The fraction of sp³-hybridized carbons (Fsp3) is 0.200. The maximum atomic E-state index is 12.7. The van der Waals surface area contributed by atoms with Crippen molar-refractivity contribution in [3.63, 3.8) is 0 Å². The Labute approximate surface area is 165 Å². The minimum absolute atomic E-state index is 0.138. The minimum atomic E-state index is -0.138. The molecular formula is C20H17N5O4. The van der Waals surface area contributed by atoms with Gasteiger partial charge in [0.25, 0.3) is 0 Å². The van der Waals surface area contributed by atoms with Gasteiger partial charge in [0, 0.05) is 19.2 Å². The second-order valence-electron chi connectivity index (χ2n) is 6.49. The van der Waals surface area contributed by atoms with Gasteiger partial charge in [-0.25, -0.2) is 0 Å². The third-order valence-corrected chi connectivity index (χ3v) is 4.67. The highest BCUT2D eigenvalue weighted by Crippen LogP contribution is 2.31. The second-order valence-corrected chi connectivity index (χ2v) is 6.49. The van der Waals surface area contributed by atoms with Crippen LogP contribution >= 0.6 is 0 Å². The standard InChI is InChI=1S/C20H17N5O4/c26-16-13-18(24-9-11-27-12-10-24)29-19-15(16)7-4-8-17(19)28-20-21-22-23-25(20)14-5-2-1-3-6-14/h1-8,13H,9-12H2. The van der Waals surface area contributed by atoms with E-state index in [0.717, 1.165) is 5.69 Å². The summed E-state index contributed by atoms with van der Waals surface area (Å²) in [6, 6.07) is 16.2. The minimum Gasteiger partial charge on any atom is -0.436 e. The summed E-state index contributed by atoms with van der Waals surface area (Å²) >= 11 is 0. The molecule has 146 valence electrons. The Bertz CT molecular complexity index is 1200. The van der Waals surface area contributed by atoms with Gasteiger partial charge in [-0.3, -0.25) is 4.79 Å². The Morgan fingerprint density at radius 2 is 1.83 bits per heavy atom. The number of fused-ring (bicyclic) bond motifs is 1. The molecule has 1 fully saturated rings. The molecule has 1 saturated heterocycles. The number of tetrazole rings is 1. The van der Waals surface area contributed by atoms with Crippen LogP contribution in [0.3, 0.4) is 0 Å². The van der Waals surface area contributed by atoms with Crippen LogP contribution in [0, 0.1) is 0 Å². The molecule has 0 radical (unpaired) electrons. The lowest BCUT2D eigenvalue weighted by molar-refractivity contribution is 0.121. The lowest BCUT2D eigenvalue weighted by Crippen LogP contribution is -2.36. The number of hydrogen-bond acceptors (Lipinski definition) is 8.